The van der Waals surface area contributed by atoms with Gasteiger partial charge in [0.2, 0.25) is 5.88 Å². The highest BCUT2D eigenvalue weighted by Gasteiger charge is 2.25. The Balaban J connectivity index is 1.51. The number of hydrogen-bond donors (Lipinski definition) is 2. The monoisotopic (exact) mass is 368 g/mol. The van der Waals surface area contributed by atoms with Gasteiger partial charge in [0.1, 0.15) is 5.56 Å². The van der Waals surface area contributed by atoms with Crippen LogP contribution >= 0.6 is 0 Å². The lowest BCUT2D eigenvalue weighted by atomic mass is 10.0. The van der Waals surface area contributed by atoms with Crippen LogP contribution < -0.4 is 15.4 Å². The predicted octanol–water partition coefficient (Wildman–Crippen LogP) is 2.91. The normalized spacial score (nSPS) is 14.5. The number of para-hydroxylation sites is 1. The van der Waals surface area contributed by atoms with E-state index in [-0.39, 0.29) is 18.0 Å². The number of carbonyl (C=O) groups is 2. The van der Waals surface area contributed by atoms with Crippen LogP contribution in [0.3, 0.4) is 0 Å². The van der Waals surface area contributed by atoms with E-state index < -0.39 is 0 Å². The minimum absolute atomic E-state index is 0.0213. The number of benzene rings is 1. The number of ether oxygens (including phenoxy) is 1. The van der Waals surface area contributed by atoms with Crippen LogP contribution in [-0.2, 0) is 0 Å². The number of aromatic nitrogens is 1. The number of rotatable bonds is 5. The average molecular weight is 368 g/mol. The minimum atomic E-state index is -0.196. The zero-order valence-corrected chi connectivity index (χ0v) is 15.4. The molecule has 0 aliphatic carbocycles. The van der Waals surface area contributed by atoms with E-state index >= 15 is 0 Å². The number of carbonyl (C=O) groups excluding carboxylic acids is 2. The molecule has 1 aromatic carbocycles. The smallest absolute Gasteiger partial charge is 0.321 e. The third kappa shape index (κ3) is 4.97. The molecule has 0 spiro atoms. The summed E-state index contributed by atoms with van der Waals surface area (Å²) in [6, 6.07) is 12.7. The predicted molar refractivity (Wildman–Crippen MR) is 103 cm³/mol. The van der Waals surface area contributed by atoms with E-state index in [1.807, 2.05) is 37.3 Å². The van der Waals surface area contributed by atoms with E-state index in [1.54, 1.807) is 23.2 Å². The van der Waals surface area contributed by atoms with Crippen LogP contribution in [0.5, 0.6) is 5.88 Å². The molecule has 7 heteroatoms. The molecule has 1 saturated heterocycles. The van der Waals surface area contributed by atoms with Crippen LogP contribution in [-0.4, -0.2) is 47.6 Å². The summed E-state index contributed by atoms with van der Waals surface area (Å²) in [6.45, 7) is 3.49. The number of nitrogens with one attached hydrogen (secondary N) is 2. The largest absolute Gasteiger partial charge is 0.477 e. The second-order valence-corrected chi connectivity index (χ2v) is 6.32. The first kappa shape index (κ1) is 18.7. The quantitative estimate of drug-likeness (QED) is 0.850. The molecule has 0 bridgehead atoms. The van der Waals surface area contributed by atoms with Gasteiger partial charge in [-0.3, -0.25) is 4.79 Å². The molecular formula is C20H24N4O3. The molecule has 27 heavy (non-hydrogen) atoms. The fourth-order valence-corrected chi connectivity index (χ4v) is 3.03. The molecule has 2 N–H and O–H groups in total. The number of anilines is 1. The maximum absolute atomic E-state index is 12.5. The first-order valence-electron chi connectivity index (χ1n) is 9.17. The fourth-order valence-electron chi connectivity index (χ4n) is 3.03. The number of piperidine rings is 1. The van der Waals surface area contributed by atoms with Gasteiger partial charge in [-0.1, -0.05) is 18.2 Å². The molecule has 142 valence electrons. The molecule has 7 nitrogen and oxygen atoms in total. The summed E-state index contributed by atoms with van der Waals surface area (Å²) in [6.07, 6.45) is 3.02. The number of hydrogen-bond acceptors (Lipinski definition) is 4. The summed E-state index contributed by atoms with van der Waals surface area (Å²) in [4.78, 5) is 30.8. The van der Waals surface area contributed by atoms with E-state index in [0.29, 0.717) is 44.0 Å². The Morgan fingerprint density at radius 3 is 2.59 bits per heavy atom. The molecule has 2 heterocycles. The summed E-state index contributed by atoms with van der Waals surface area (Å²) in [5, 5.41) is 5.92. The van der Waals surface area contributed by atoms with Gasteiger partial charge in [-0.25, -0.2) is 9.78 Å². The van der Waals surface area contributed by atoms with E-state index in [4.69, 9.17) is 4.74 Å². The third-order valence-corrected chi connectivity index (χ3v) is 4.44. The summed E-state index contributed by atoms with van der Waals surface area (Å²) in [5.41, 5.74) is 1.21. The molecular weight excluding hydrogens is 344 g/mol. The minimum Gasteiger partial charge on any atom is -0.477 e. The van der Waals surface area contributed by atoms with E-state index in [0.717, 1.165) is 5.69 Å². The second kappa shape index (κ2) is 9.02. The van der Waals surface area contributed by atoms with Crippen molar-refractivity contribution in [2.45, 2.75) is 25.8 Å². The van der Waals surface area contributed by atoms with Crippen molar-refractivity contribution in [1.29, 1.82) is 0 Å². The Hall–Kier alpha value is -3.09. The van der Waals surface area contributed by atoms with Gasteiger partial charge < -0.3 is 20.3 Å². The van der Waals surface area contributed by atoms with Crippen LogP contribution in [0.15, 0.2) is 48.7 Å². The van der Waals surface area contributed by atoms with Crippen molar-refractivity contribution < 1.29 is 14.3 Å². The summed E-state index contributed by atoms with van der Waals surface area (Å²) >= 11 is 0. The molecule has 1 aliphatic rings. The van der Waals surface area contributed by atoms with Gasteiger partial charge in [-0.15, -0.1) is 0 Å². The maximum Gasteiger partial charge on any atom is 0.321 e. The van der Waals surface area contributed by atoms with Gasteiger partial charge in [0.15, 0.2) is 0 Å². The molecule has 0 unspecified atom stereocenters. The standard InChI is InChI=1S/C20H24N4O3/c1-2-27-19-17(9-6-12-21-19)18(25)22-16-10-13-24(14-11-16)20(26)23-15-7-4-3-5-8-15/h3-9,12,16H,2,10-11,13-14H2,1H3,(H,22,25)(H,23,26). The van der Waals surface area contributed by atoms with Gasteiger partial charge >= 0.3 is 6.03 Å². The van der Waals surface area contributed by atoms with Gasteiger partial charge in [-0.05, 0) is 44.0 Å². The van der Waals surface area contributed by atoms with Gasteiger partial charge in [-0.2, -0.15) is 0 Å². The third-order valence-electron chi connectivity index (χ3n) is 4.44. The molecule has 0 saturated carbocycles. The van der Waals surface area contributed by atoms with Crippen molar-refractivity contribution in [3.05, 3.63) is 54.2 Å². The van der Waals surface area contributed by atoms with Crippen LogP contribution in [0.2, 0.25) is 0 Å². The topological polar surface area (TPSA) is 83.6 Å². The molecule has 3 rings (SSSR count). The molecule has 1 fully saturated rings. The van der Waals surface area contributed by atoms with E-state index in [9.17, 15) is 9.59 Å². The van der Waals surface area contributed by atoms with E-state index in [2.05, 4.69) is 15.6 Å². The number of urea groups is 1. The van der Waals surface area contributed by atoms with Crippen LogP contribution in [0.4, 0.5) is 10.5 Å². The van der Waals surface area contributed by atoms with Crippen molar-refractivity contribution in [2.24, 2.45) is 0 Å². The summed E-state index contributed by atoms with van der Waals surface area (Å²) < 4.78 is 5.42. The first-order valence-corrected chi connectivity index (χ1v) is 9.17. The van der Waals surface area contributed by atoms with Crippen LogP contribution in [0.1, 0.15) is 30.1 Å². The number of nitrogens with zero attached hydrogens (tertiary/aromatic N) is 2. The van der Waals surface area contributed by atoms with Gasteiger partial charge in [0, 0.05) is 31.0 Å². The Labute approximate surface area is 158 Å². The zero-order chi connectivity index (χ0) is 19.1. The average Bonchev–Trinajstić information content (AvgIpc) is 2.70. The molecule has 0 atom stereocenters. The molecule has 3 amide bonds. The number of pyridine rings is 1. The van der Waals surface area contributed by atoms with Crippen molar-refractivity contribution in [1.82, 2.24) is 15.2 Å². The zero-order valence-electron chi connectivity index (χ0n) is 15.4. The second-order valence-electron chi connectivity index (χ2n) is 6.32. The number of likely N-dealkylation sites (tertiary alicyclic amines) is 1. The van der Waals surface area contributed by atoms with Crippen molar-refractivity contribution >= 4 is 17.6 Å². The fraction of sp³-hybridized carbons (Fsp3) is 0.350. The molecule has 1 aromatic heterocycles. The van der Waals surface area contributed by atoms with Gasteiger partial charge in [0.25, 0.3) is 5.91 Å². The summed E-state index contributed by atoms with van der Waals surface area (Å²) in [7, 11) is 0. The lowest BCUT2D eigenvalue weighted by Gasteiger charge is -2.32. The highest BCUT2D eigenvalue weighted by molar-refractivity contribution is 5.96. The molecule has 0 radical (unpaired) electrons. The van der Waals surface area contributed by atoms with Crippen LogP contribution in [0, 0.1) is 0 Å². The van der Waals surface area contributed by atoms with E-state index in [1.165, 1.54) is 0 Å². The number of amides is 3. The van der Waals surface area contributed by atoms with Crippen LogP contribution in [0.25, 0.3) is 0 Å². The Morgan fingerprint density at radius 2 is 1.89 bits per heavy atom. The van der Waals surface area contributed by atoms with Crippen molar-refractivity contribution in [2.75, 3.05) is 25.0 Å². The van der Waals surface area contributed by atoms with Gasteiger partial charge in [0.05, 0.1) is 6.61 Å². The van der Waals surface area contributed by atoms with Crippen molar-refractivity contribution in [3.8, 4) is 5.88 Å². The summed E-state index contributed by atoms with van der Waals surface area (Å²) in [5.74, 6) is 0.149. The maximum atomic E-state index is 12.5. The Kier molecular flexibility index (Phi) is 6.25. The molecule has 2 aromatic rings. The molecule has 1 aliphatic heterocycles. The Morgan fingerprint density at radius 1 is 1.15 bits per heavy atom. The first-order chi connectivity index (χ1) is 13.2. The van der Waals surface area contributed by atoms with Crippen molar-refractivity contribution in [3.63, 3.8) is 0 Å². The SMILES string of the molecule is CCOc1ncccc1C(=O)NC1CCN(C(=O)Nc2ccccc2)CC1. The highest BCUT2D eigenvalue weighted by Crippen LogP contribution is 2.17. The lowest BCUT2D eigenvalue weighted by molar-refractivity contribution is 0.0914. The lowest BCUT2D eigenvalue weighted by Crippen LogP contribution is -2.47. The Bertz CT molecular complexity index is 774. The highest BCUT2D eigenvalue weighted by atomic mass is 16.5.